The average molecular weight is 373 g/mol. The van der Waals surface area contributed by atoms with Crippen LogP contribution in [-0.4, -0.2) is 18.9 Å². The molecule has 0 bridgehead atoms. The second-order valence-electron chi connectivity index (χ2n) is 7.62. The number of hydrogen-bond donors (Lipinski definition) is 0. The van der Waals surface area contributed by atoms with E-state index in [4.69, 9.17) is 0 Å². The van der Waals surface area contributed by atoms with Crippen molar-refractivity contribution in [2.45, 2.75) is 20.8 Å². The van der Waals surface area contributed by atoms with E-state index in [2.05, 4.69) is 4.90 Å². The number of nitrogens with zero attached hydrogens (tertiary/aromatic N) is 1. The van der Waals surface area contributed by atoms with E-state index < -0.39 is 10.8 Å². The molecule has 1 aliphatic carbocycles. The molecule has 0 spiro atoms. The fourth-order valence-corrected chi connectivity index (χ4v) is 3.49. The predicted molar refractivity (Wildman–Crippen MR) is 111 cm³/mol. The van der Waals surface area contributed by atoms with Gasteiger partial charge >= 0.3 is 0 Å². The maximum atomic E-state index is 11.7. The standard InChI is InChI=1S/C24H23NO3/c1-18-13-21(10-9-19(18)15-26)25(20-7-5-4-6-8-20)22-11-12-24(16-27,17-28)23(2,3)14-22/h4-17H,1-3H3. The molecule has 0 unspecified atom stereocenters. The number of para-hydroxylation sites is 1. The number of carbonyl (C=O) groups excluding carboxylic acids is 3. The van der Waals surface area contributed by atoms with Gasteiger partial charge in [-0.05, 0) is 48.9 Å². The van der Waals surface area contributed by atoms with Gasteiger partial charge in [-0.15, -0.1) is 0 Å². The van der Waals surface area contributed by atoms with Gasteiger partial charge < -0.3 is 14.5 Å². The van der Waals surface area contributed by atoms with E-state index in [-0.39, 0.29) is 0 Å². The van der Waals surface area contributed by atoms with E-state index in [0.29, 0.717) is 18.1 Å². The number of allylic oxidation sites excluding steroid dienone is 3. The maximum Gasteiger partial charge on any atom is 0.150 e. The van der Waals surface area contributed by atoms with Crippen LogP contribution < -0.4 is 4.90 Å². The smallest absolute Gasteiger partial charge is 0.150 e. The summed E-state index contributed by atoms with van der Waals surface area (Å²) in [6, 6.07) is 15.5. The van der Waals surface area contributed by atoms with Gasteiger partial charge in [-0.25, -0.2) is 0 Å². The molecule has 1 aliphatic rings. The Balaban J connectivity index is 2.17. The summed E-state index contributed by atoms with van der Waals surface area (Å²) in [5.41, 5.74) is 2.34. The highest BCUT2D eigenvalue weighted by atomic mass is 16.1. The van der Waals surface area contributed by atoms with Crippen molar-refractivity contribution in [2.24, 2.45) is 10.8 Å². The molecule has 0 saturated heterocycles. The largest absolute Gasteiger partial charge is 0.311 e. The Morgan fingerprint density at radius 1 is 0.893 bits per heavy atom. The Bertz CT molecular complexity index is 963. The highest BCUT2D eigenvalue weighted by Crippen LogP contribution is 2.45. The second-order valence-corrected chi connectivity index (χ2v) is 7.62. The molecule has 3 rings (SSSR count). The fourth-order valence-electron chi connectivity index (χ4n) is 3.49. The molecule has 0 fully saturated rings. The normalized spacial score (nSPS) is 16.8. The van der Waals surface area contributed by atoms with E-state index in [9.17, 15) is 14.4 Å². The third kappa shape index (κ3) is 3.22. The van der Waals surface area contributed by atoms with Crippen molar-refractivity contribution in [3.63, 3.8) is 0 Å². The second kappa shape index (κ2) is 7.39. The Morgan fingerprint density at radius 3 is 2.11 bits per heavy atom. The number of carbonyl (C=O) groups is 3. The van der Waals surface area contributed by atoms with Gasteiger partial charge in [-0.1, -0.05) is 44.2 Å². The molecule has 142 valence electrons. The predicted octanol–water partition coefficient (Wildman–Crippen LogP) is 4.81. The molecule has 0 atom stereocenters. The summed E-state index contributed by atoms with van der Waals surface area (Å²) in [6.45, 7) is 5.65. The zero-order chi connectivity index (χ0) is 20.4. The minimum atomic E-state index is -1.18. The summed E-state index contributed by atoms with van der Waals surface area (Å²) in [4.78, 5) is 36.7. The van der Waals surface area contributed by atoms with Crippen LogP contribution >= 0.6 is 0 Å². The Hall–Kier alpha value is -3.27. The highest BCUT2D eigenvalue weighted by Gasteiger charge is 2.44. The van der Waals surface area contributed by atoms with Gasteiger partial charge in [0.05, 0.1) is 0 Å². The van der Waals surface area contributed by atoms with E-state index in [1.807, 2.05) is 75.4 Å². The van der Waals surface area contributed by atoms with Crippen LogP contribution in [0, 0.1) is 17.8 Å². The Morgan fingerprint density at radius 2 is 1.57 bits per heavy atom. The molecule has 0 radical (unpaired) electrons. The first-order valence-corrected chi connectivity index (χ1v) is 9.13. The zero-order valence-electron chi connectivity index (χ0n) is 16.3. The number of anilines is 2. The van der Waals surface area contributed by atoms with Crippen molar-refractivity contribution in [3.8, 4) is 0 Å². The number of aryl methyl sites for hydroxylation is 1. The number of hydrogen-bond acceptors (Lipinski definition) is 4. The minimum absolute atomic E-state index is 0.645. The fraction of sp³-hybridized carbons (Fsp3) is 0.208. The molecular weight excluding hydrogens is 350 g/mol. The Labute approximate surface area is 165 Å². The lowest BCUT2D eigenvalue weighted by atomic mass is 9.64. The van der Waals surface area contributed by atoms with E-state index in [1.165, 1.54) is 0 Å². The number of aldehydes is 3. The van der Waals surface area contributed by atoms with Crippen LogP contribution in [0.1, 0.15) is 29.8 Å². The number of benzene rings is 2. The summed E-state index contributed by atoms with van der Waals surface area (Å²) < 4.78 is 0. The highest BCUT2D eigenvalue weighted by molar-refractivity contribution is 5.90. The molecule has 4 nitrogen and oxygen atoms in total. The first-order chi connectivity index (χ1) is 13.4. The van der Waals surface area contributed by atoms with Crippen molar-refractivity contribution in [1.29, 1.82) is 0 Å². The van der Waals surface area contributed by atoms with Crippen molar-refractivity contribution in [2.75, 3.05) is 4.90 Å². The van der Waals surface area contributed by atoms with Crippen LogP contribution in [0.25, 0.3) is 0 Å². The molecule has 2 aromatic rings. The monoisotopic (exact) mass is 373 g/mol. The third-order valence-electron chi connectivity index (χ3n) is 5.46. The van der Waals surface area contributed by atoms with Gasteiger partial charge in [0.15, 0.2) is 0 Å². The van der Waals surface area contributed by atoms with Crippen LogP contribution in [0.5, 0.6) is 0 Å². The molecule has 0 aliphatic heterocycles. The van der Waals surface area contributed by atoms with Crippen LogP contribution in [0.2, 0.25) is 0 Å². The van der Waals surface area contributed by atoms with Crippen molar-refractivity contribution in [3.05, 3.63) is 83.6 Å². The lowest BCUT2D eigenvalue weighted by molar-refractivity contribution is -0.127. The molecule has 0 N–H and O–H groups in total. The zero-order valence-corrected chi connectivity index (χ0v) is 16.3. The van der Waals surface area contributed by atoms with Crippen LogP contribution in [0.4, 0.5) is 11.4 Å². The molecule has 0 heterocycles. The third-order valence-corrected chi connectivity index (χ3v) is 5.46. The van der Waals surface area contributed by atoms with E-state index in [0.717, 1.165) is 28.9 Å². The van der Waals surface area contributed by atoms with Crippen LogP contribution in [0.3, 0.4) is 0 Å². The Kier molecular flexibility index (Phi) is 5.14. The minimum Gasteiger partial charge on any atom is -0.311 e. The summed E-state index contributed by atoms with van der Waals surface area (Å²) in [7, 11) is 0. The number of rotatable bonds is 6. The summed E-state index contributed by atoms with van der Waals surface area (Å²) in [5.74, 6) is 0. The van der Waals surface area contributed by atoms with Gasteiger partial charge in [-0.3, -0.25) is 4.79 Å². The van der Waals surface area contributed by atoms with Gasteiger partial charge in [0.2, 0.25) is 0 Å². The van der Waals surface area contributed by atoms with Crippen molar-refractivity contribution in [1.82, 2.24) is 0 Å². The molecule has 0 aromatic heterocycles. The molecule has 2 aromatic carbocycles. The van der Waals surface area contributed by atoms with Crippen molar-refractivity contribution < 1.29 is 14.4 Å². The molecule has 4 heteroatoms. The molecular formula is C24H23NO3. The van der Waals surface area contributed by atoms with Gasteiger partial charge in [0.25, 0.3) is 0 Å². The van der Waals surface area contributed by atoms with Crippen LogP contribution in [-0.2, 0) is 9.59 Å². The lowest BCUT2D eigenvalue weighted by Crippen LogP contribution is -2.40. The molecule has 0 saturated carbocycles. The summed E-state index contributed by atoms with van der Waals surface area (Å²) in [6.07, 6.45) is 7.69. The summed E-state index contributed by atoms with van der Waals surface area (Å²) >= 11 is 0. The van der Waals surface area contributed by atoms with Gasteiger partial charge in [0.1, 0.15) is 24.3 Å². The van der Waals surface area contributed by atoms with Crippen molar-refractivity contribution >= 4 is 30.2 Å². The first-order valence-electron chi connectivity index (χ1n) is 9.13. The van der Waals surface area contributed by atoms with Gasteiger partial charge in [0, 0.05) is 28.1 Å². The molecule has 28 heavy (non-hydrogen) atoms. The summed E-state index contributed by atoms with van der Waals surface area (Å²) in [5, 5.41) is 0. The molecule has 0 amide bonds. The van der Waals surface area contributed by atoms with E-state index in [1.54, 1.807) is 12.1 Å². The maximum absolute atomic E-state index is 11.7. The topological polar surface area (TPSA) is 54.5 Å². The van der Waals surface area contributed by atoms with Gasteiger partial charge in [-0.2, -0.15) is 0 Å². The lowest BCUT2D eigenvalue weighted by Gasteiger charge is -2.39. The SMILES string of the molecule is Cc1cc(N(C2=CC(C)(C)C(C=O)(C=O)C=C2)c2ccccc2)ccc1C=O. The first kappa shape index (κ1) is 19.5. The van der Waals surface area contributed by atoms with E-state index >= 15 is 0 Å². The quantitative estimate of drug-likeness (QED) is 0.539. The average Bonchev–Trinajstić information content (AvgIpc) is 2.69. The van der Waals surface area contributed by atoms with Crippen LogP contribution in [0.15, 0.2) is 72.5 Å².